The molecule has 0 fully saturated rings. The molecule has 0 saturated carbocycles. The largest absolute Gasteiger partial charge is 0.508 e. The molecule has 0 spiro atoms. The highest BCUT2D eigenvalue weighted by atomic mass is 16.3. The van der Waals surface area contributed by atoms with E-state index in [1.807, 2.05) is 18.2 Å². The Morgan fingerprint density at radius 1 is 0.577 bits per heavy atom. The summed E-state index contributed by atoms with van der Waals surface area (Å²) in [6.45, 7) is 0. The number of hydrogen-bond donors (Lipinski definition) is 2. The first kappa shape index (κ1) is 14.8. The summed E-state index contributed by atoms with van der Waals surface area (Å²) in [6, 6.07) is 30.6. The Kier molecular flexibility index (Phi) is 3.29. The van der Waals surface area contributed by atoms with Gasteiger partial charge in [-0.2, -0.15) is 0 Å². The minimum Gasteiger partial charge on any atom is -0.508 e. The Balaban J connectivity index is 1.90. The van der Waals surface area contributed by atoms with Crippen LogP contribution in [0.2, 0.25) is 0 Å². The molecule has 0 amide bonds. The van der Waals surface area contributed by atoms with Gasteiger partial charge in [0.2, 0.25) is 0 Å². The van der Waals surface area contributed by atoms with Crippen molar-refractivity contribution < 1.29 is 5.11 Å². The molecule has 0 saturated heterocycles. The molecule has 0 aliphatic heterocycles. The van der Waals surface area contributed by atoms with E-state index in [9.17, 15) is 5.11 Å². The van der Waals surface area contributed by atoms with Crippen LogP contribution in [0.25, 0.3) is 44.1 Å². The highest BCUT2D eigenvalue weighted by Crippen LogP contribution is 2.40. The number of aromatic amines is 1. The predicted molar refractivity (Wildman–Crippen MR) is 108 cm³/mol. The minimum absolute atomic E-state index is 0.279. The molecule has 0 unspecified atom stereocenters. The smallest absolute Gasteiger partial charge is 0.115 e. The fraction of sp³-hybridized carbons (Fsp3) is 0. The van der Waals surface area contributed by atoms with E-state index >= 15 is 0 Å². The predicted octanol–water partition coefficient (Wildman–Crippen LogP) is 6.36. The summed E-state index contributed by atoms with van der Waals surface area (Å²) in [4.78, 5) is 3.62. The maximum atomic E-state index is 9.65. The van der Waals surface area contributed by atoms with Crippen LogP contribution in [-0.2, 0) is 0 Å². The maximum Gasteiger partial charge on any atom is 0.115 e. The van der Waals surface area contributed by atoms with Gasteiger partial charge in [0.15, 0.2) is 0 Å². The van der Waals surface area contributed by atoms with Crippen LogP contribution in [0.3, 0.4) is 0 Å². The van der Waals surface area contributed by atoms with E-state index in [1.165, 1.54) is 21.9 Å². The Labute approximate surface area is 151 Å². The number of para-hydroxylation sites is 1. The zero-order chi connectivity index (χ0) is 17.5. The van der Waals surface area contributed by atoms with Gasteiger partial charge in [-0.15, -0.1) is 0 Å². The zero-order valence-electron chi connectivity index (χ0n) is 14.1. The van der Waals surface area contributed by atoms with Crippen molar-refractivity contribution in [2.75, 3.05) is 0 Å². The lowest BCUT2D eigenvalue weighted by molar-refractivity contribution is 0.475. The fourth-order valence-corrected chi connectivity index (χ4v) is 3.70. The highest BCUT2D eigenvalue weighted by Gasteiger charge is 2.15. The Morgan fingerprint density at radius 3 is 2.12 bits per heavy atom. The number of rotatable bonds is 2. The van der Waals surface area contributed by atoms with Crippen molar-refractivity contribution in [2.45, 2.75) is 0 Å². The van der Waals surface area contributed by atoms with E-state index in [4.69, 9.17) is 0 Å². The van der Waals surface area contributed by atoms with Crippen LogP contribution >= 0.6 is 0 Å². The summed E-state index contributed by atoms with van der Waals surface area (Å²) in [5.41, 5.74) is 6.88. The van der Waals surface area contributed by atoms with Gasteiger partial charge in [-0.1, -0.05) is 72.8 Å². The number of phenols is 1. The normalized spacial score (nSPS) is 11.2. The number of phenolic OH excluding ortho intramolecular Hbond substituents is 1. The van der Waals surface area contributed by atoms with Crippen LogP contribution in [0.5, 0.6) is 5.75 Å². The lowest BCUT2D eigenvalue weighted by atomic mass is 9.92. The van der Waals surface area contributed by atoms with Gasteiger partial charge in [-0.25, -0.2) is 0 Å². The van der Waals surface area contributed by atoms with Crippen LogP contribution in [0.1, 0.15) is 0 Å². The van der Waals surface area contributed by atoms with Crippen molar-refractivity contribution in [3.63, 3.8) is 0 Å². The standard InChI is InChI=1S/C24H17NO/c26-18-12-10-16(11-13-18)19-14-15-21-20-8-4-5-9-22(20)25-24(21)23(19)17-6-2-1-3-7-17/h1-15,25-26H. The number of H-pyrrole nitrogens is 1. The molecular weight excluding hydrogens is 318 g/mol. The van der Waals surface area contributed by atoms with E-state index in [0.717, 1.165) is 22.2 Å². The van der Waals surface area contributed by atoms with Gasteiger partial charge in [0.25, 0.3) is 0 Å². The zero-order valence-corrected chi connectivity index (χ0v) is 14.1. The first-order chi connectivity index (χ1) is 12.8. The van der Waals surface area contributed by atoms with E-state index in [0.29, 0.717) is 0 Å². The molecule has 26 heavy (non-hydrogen) atoms. The summed E-state index contributed by atoms with van der Waals surface area (Å²) in [5, 5.41) is 12.1. The molecule has 1 aromatic heterocycles. The molecule has 0 bridgehead atoms. The second-order valence-corrected chi connectivity index (χ2v) is 6.49. The van der Waals surface area contributed by atoms with E-state index < -0.39 is 0 Å². The molecule has 2 N–H and O–H groups in total. The molecule has 0 atom stereocenters. The summed E-state index contributed by atoms with van der Waals surface area (Å²) in [7, 11) is 0. The lowest BCUT2D eigenvalue weighted by Crippen LogP contribution is -1.87. The highest BCUT2D eigenvalue weighted by molar-refractivity contribution is 6.14. The third kappa shape index (κ3) is 2.27. The summed E-state index contributed by atoms with van der Waals surface area (Å²) in [5.74, 6) is 0.279. The van der Waals surface area contributed by atoms with Crippen molar-refractivity contribution in [1.29, 1.82) is 0 Å². The molecule has 0 radical (unpaired) electrons. The average molecular weight is 335 g/mol. The van der Waals surface area contributed by atoms with E-state index in [2.05, 4.69) is 65.6 Å². The number of aromatic hydroxyl groups is 1. The van der Waals surface area contributed by atoms with Crippen molar-refractivity contribution in [3.8, 4) is 28.0 Å². The van der Waals surface area contributed by atoms with Crippen LogP contribution in [0.4, 0.5) is 0 Å². The molecule has 124 valence electrons. The third-order valence-electron chi connectivity index (χ3n) is 4.92. The molecule has 0 aliphatic rings. The second-order valence-electron chi connectivity index (χ2n) is 6.49. The van der Waals surface area contributed by atoms with Gasteiger partial charge in [-0.3, -0.25) is 0 Å². The van der Waals surface area contributed by atoms with Gasteiger partial charge in [0, 0.05) is 21.9 Å². The third-order valence-corrected chi connectivity index (χ3v) is 4.92. The molecule has 4 aromatic carbocycles. The molecule has 1 heterocycles. The molecule has 5 aromatic rings. The van der Waals surface area contributed by atoms with Gasteiger partial charge in [0.1, 0.15) is 5.75 Å². The van der Waals surface area contributed by atoms with Crippen molar-refractivity contribution in [3.05, 3.63) is 91.0 Å². The van der Waals surface area contributed by atoms with Crippen LogP contribution in [-0.4, -0.2) is 10.1 Å². The summed E-state index contributed by atoms with van der Waals surface area (Å²) >= 11 is 0. The first-order valence-corrected chi connectivity index (χ1v) is 8.69. The lowest BCUT2D eigenvalue weighted by Gasteiger charge is -2.12. The molecule has 5 rings (SSSR count). The van der Waals surface area contributed by atoms with Crippen LogP contribution in [0.15, 0.2) is 91.0 Å². The van der Waals surface area contributed by atoms with Crippen LogP contribution < -0.4 is 0 Å². The Morgan fingerprint density at radius 2 is 1.31 bits per heavy atom. The number of benzene rings is 4. The Hall–Kier alpha value is -3.52. The number of fused-ring (bicyclic) bond motifs is 3. The van der Waals surface area contributed by atoms with E-state index in [1.54, 1.807) is 12.1 Å². The second kappa shape index (κ2) is 5.78. The quantitative estimate of drug-likeness (QED) is 0.387. The SMILES string of the molecule is Oc1ccc(-c2ccc3c([nH]c4ccccc43)c2-c2ccccc2)cc1. The van der Waals surface area contributed by atoms with E-state index in [-0.39, 0.29) is 5.75 Å². The van der Waals surface area contributed by atoms with Crippen molar-refractivity contribution in [2.24, 2.45) is 0 Å². The average Bonchev–Trinajstić information content (AvgIpc) is 3.07. The summed E-state index contributed by atoms with van der Waals surface area (Å²) < 4.78 is 0. The summed E-state index contributed by atoms with van der Waals surface area (Å²) in [6.07, 6.45) is 0. The fourth-order valence-electron chi connectivity index (χ4n) is 3.70. The van der Waals surface area contributed by atoms with Crippen molar-refractivity contribution in [1.82, 2.24) is 4.98 Å². The maximum absolute atomic E-state index is 9.65. The van der Waals surface area contributed by atoms with Crippen LogP contribution in [0, 0.1) is 0 Å². The number of aromatic nitrogens is 1. The van der Waals surface area contributed by atoms with Gasteiger partial charge in [0.05, 0.1) is 5.52 Å². The molecule has 2 nitrogen and oxygen atoms in total. The van der Waals surface area contributed by atoms with Gasteiger partial charge < -0.3 is 10.1 Å². The van der Waals surface area contributed by atoms with Gasteiger partial charge in [-0.05, 0) is 34.9 Å². The number of nitrogens with one attached hydrogen (secondary N) is 1. The molecular formula is C24H17NO. The Bertz CT molecular complexity index is 1220. The molecule has 0 aliphatic carbocycles. The number of hydrogen-bond acceptors (Lipinski definition) is 1. The monoisotopic (exact) mass is 335 g/mol. The first-order valence-electron chi connectivity index (χ1n) is 8.69. The minimum atomic E-state index is 0.279. The van der Waals surface area contributed by atoms with Crippen molar-refractivity contribution >= 4 is 21.8 Å². The van der Waals surface area contributed by atoms with Gasteiger partial charge >= 0.3 is 0 Å². The molecule has 2 heteroatoms. The topological polar surface area (TPSA) is 36.0 Å².